The smallest absolute Gasteiger partial charge is 0.269 e. The highest BCUT2D eigenvalue weighted by atomic mass is 32.1. The van der Waals surface area contributed by atoms with Crippen LogP contribution >= 0.6 is 12.2 Å². The van der Waals surface area contributed by atoms with Gasteiger partial charge in [-0.2, -0.15) is 0 Å². The molecule has 0 saturated heterocycles. The van der Waals surface area contributed by atoms with Crippen molar-refractivity contribution in [1.29, 1.82) is 0 Å². The Hall–Kier alpha value is -4.04. The number of nitrogens with one attached hydrogen (secondary N) is 4. The second-order valence-electron chi connectivity index (χ2n) is 9.09. The molecule has 3 amide bonds. The van der Waals surface area contributed by atoms with E-state index < -0.39 is 5.91 Å². The van der Waals surface area contributed by atoms with E-state index in [1.54, 1.807) is 54.6 Å². The highest BCUT2D eigenvalue weighted by Gasteiger charge is 2.15. The molecule has 0 radical (unpaired) electrons. The van der Waals surface area contributed by atoms with Gasteiger partial charge in [-0.1, -0.05) is 50.6 Å². The van der Waals surface area contributed by atoms with Gasteiger partial charge < -0.3 is 5.32 Å². The van der Waals surface area contributed by atoms with Crippen LogP contribution in [0.15, 0.2) is 72.8 Å². The van der Waals surface area contributed by atoms with Crippen molar-refractivity contribution < 1.29 is 14.4 Å². The molecule has 180 valence electrons. The number of hydrogen-bond donors (Lipinski definition) is 4. The first-order chi connectivity index (χ1) is 16.5. The Morgan fingerprint density at radius 3 is 1.91 bits per heavy atom. The van der Waals surface area contributed by atoms with E-state index in [9.17, 15) is 14.4 Å². The van der Waals surface area contributed by atoms with Crippen LogP contribution in [0.25, 0.3) is 0 Å². The topological polar surface area (TPSA) is 99.3 Å². The Labute approximate surface area is 210 Å². The zero-order chi connectivity index (χ0) is 25.6. The van der Waals surface area contributed by atoms with Gasteiger partial charge in [-0.25, -0.2) is 0 Å². The molecule has 0 spiro atoms. The number of hydrogen-bond acceptors (Lipinski definition) is 4. The number of rotatable bonds is 4. The molecule has 0 aliphatic heterocycles. The summed E-state index contributed by atoms with van der Waals surface area (Å²) < 4.78 is 0. The first-order valence-electron chi connectivity index (χ1n) is 11.0. The summed E-state index contributed by atoms with van der Waals surface area (Å²) in [5, 5.41) is 5.29. The Bertz CT molecular complexity index is 1250. The molecule has 0 unspecified atom stereocenters. The van der Waals surface area contributed by atoms with E-state index in [4.69, 9.17) is 12.2 Å². The molecule has 0 aliphatic carbocycles. The Morgan fingerprint density at radius 1 is 0.714 bits per heavy atom. The van der Waals surface area contributed by atoms with Crippen molar-refractivity contribution in [3.8, 4) is 0 Å². The van der Waals surface area contributed by atoms with Gasteiger partial charge in [-0.05, 0) is 78.7 Å². The van der Waals surface area contributed by atoms with E-state index in [1.165, 1.54) is 0 Å². The molecule has 3 rings (SSSR count). The fourth-order valence-electron chi connectivity index (χ4n) is 3.21. The summed E-state index contributed by atoms with van der Waals surface area (Å²) >= 11 is 5.07. The zero-order valence-electron chi connectivity index (χ0n) is 20.1. The summed E-state index contributed by atoms with van der Waals surface area (Å²) in [6, 6.07) is 21.0. The average molecular weight is 489 g/mol. The average Bonchev–Trinajstić information content (AvgIpc) is 2.82. The van der Waals surface area contributed by atoms with Gasteiger partial charge in [-0.15, -0.1) is 0 Å². The fourth-order valence-corrected chi connectivity index (χ4v) is 3.35. The van der Waals surface area contributed by atoms with Gasteiger partial charge in [0, 0.05) is 22.4 Å². The first kappa shape index (κ1) is 25.6. The monoisotopic (exact) mass is 488 g/mol. The fraction of sp³-hybridized carbons (Fsp3) is 0.185. The van der Waals surface area contributed by atoms with Crippen LogP contribution in [0.5, 0.6) is 0 Å². The minimum Gasteiger partial charge on any atom is -0.322 e. The zero-order valence-corrected chi connectivity index (χ0v) is 20.9. The molecule has 0 heterocycles. The Kier molecular flexibility index (Phi) is 7.98. The summed E-state index contributed by atoms with van der Waals surface area (Å²) in [6.45, 7) is 8.23. The lowest BCUT2D eigenvalue weighted by molar-refractivity contribution is 0.0934. The molecule has 35 heavy (non-hydrogen) atoms. The molecule has 4 N–H and O–H groups in total. The lowest BCUT2D eigenvalue weighted by atomic mass is 9.87. The maximum Gasteiger partial charge on any atom is 0.269 e. The van der Waals surface area contributed by atoms with Crippen molar-refractivity contribution in [3.63, 3.8) is 0 Å². The summed E-state index contributed by atoms with van der Waals surface area (Å²) in [7, 11) is 0. The minimum absolute atomic E-state index is 0.0105. The van der Waals surface area contributed by atoms with Crippen molar-refractivity contribution in [2.75, 3.05) is 5.32 Å². The molecule has 0 bridgehead atoms. The largest absolute Gasteiger partial charge is 0.322 e. The van der Waals surface area contributed by atoms with Crippen molar-refractivity contribution in [3.05, 3.63) is 101 Å². The van der Waals surface area contributed by atoms with Crippen LogP contribution in [-0.2, 0) is 5.41 Å². The van der Waals surface area contributed by atoms with E-state index in [0.717, 1.165) is 11.1 Å². The van der Waals surface area contributed by atoms with E-state index in [0.29, 0.717) is 22.4 Å². The molecule has 0 aliphatic rings. The molecular weight excluding hydrogens is 460 g/mol. The number of aryl methyl sites for hydroxylation is 1. The normalized spacial score (nSPS) is 10.7. The molecule has 7 nitrogen and oxygen atoms in total. The number of carbonyl (C=O) groups excluding carboxylic acids is 3. The summed E-state index contributed by atoms with van der Waals surface area (Å²) in [4.78, 5) is 37.1. The number of hydrazine groups is 1. The van der Waals surface area contributed by atoms with Crippen LogP contribution in [0.2, 0.25) is 0 Å². The maximum absolute atomic E-state index is 12.5. The van der Waals surface area contributed by atoms with Crippen molar-refractivity contribution in [2.45, 2.75) is 33.1 Å². The third kappa shape index (κ3) is 7.22. The highest BCUT2D eigenvalue weighted by Crippen LogP contribution is 2.22. The number of thiocarbonyl (C=S) groups is 1. The first-order valence-corrected chi connectivity index (χ1v) is 11.4. The molecule has 0 atom stereocenters. The summed E-state index contributed by atoms with van der Waals surface area (Å²) in [5.41, 5.74) is 8.96. The van der Waals surface area contributed by atoms with Crippen molar-refractivity contribution in [2.24, 2.45) is 0 Å². The van der Waals surface area contributed by atoms with Crippen molar-refractivity contribution >= 4 is 40.7 Å². The SMILES string of the molecule is Cc1cccc(C(=O)NC(=S)NNC(=O)c2ccc(NC(=O)c3ccc(C(C)(C)C)cc3)cc2)c1. The predicted molar refractivity (Wildman–Crippen MR) is 141 cm³/mol. The van der Waals surface area contributed by atoms with Crippen molar-refractivity contribution in [1.82, 2.24) is 16.2 Å². The molecule has 0 fully saturated rings. The number of anilines is 1. The van der Waals surface area contributed by atoms with Gasteiger partial charge in [-0.3, -0.25) is 30.6 Å². The molecule has 8 heteroatoms. The van der Waals surface area contributed by atoms with Gasteiger partial charge in [0.2, 0.25) is 0 Å². The second kappa shape index (κ2) is 10.9. The van der Waals surface area contributed by atoms with Crippen LogP contribution in [0, 0.1) is 6.92 Å². The third-order valence-electron chi connectivity index (χ3n) is 5.21. The van der Waals surface area contributed by atoms with E-state index in [2.05, 4.69) is 42.3 Å². The molecule has 0 saturated carbocycles. The summed E-state index contributed by atoms with van der Waals surface area (Å²) in [5.74, 6) is -1.07. The van der Waals surface area contributed by atoms with Crippen LogP contribution in [-0.4, -0.2) is 22.8 Å². The van der Waals surface area contributed by atoms with Gasteiger partial charge in [0.1, 0.15) is 0 Å². The van der Waals surface area contributed by atoms with E-state index in [-0.39, 0.29) is 22.3 Å². The Morgan fingerprint density at radius 2 is 1.31 bits per heavy atom. The summed E-state index contributed by atoms with van der Waals surface area (Å²) in [6.07, 6.45) is 0. The van der Waals surface area contributed by atoms with Gasteiger partial charge >= 0.3 is 0 Å². The number of amides is 3. The van der Waals surface area contributed by atoms with Gasteiger partial charge in [0.15, 0.2) is 5.11 Å². The standard InChI is InChI=1S/C27H28N4O3S/c1-17-6-5-7-20(16-17)24(33)29-26(35)31-30-25(34)19-10-14-22(15-11-19)28-23(32)18-8-12-21(13-9-18)27(2,3)4/h5-16H,1-4H3,(H,28,32)(H,30,34)(H2,29,31,33,35). The number of benzene rings is 3. The third-order valence-corrected chi connectivity index (χ3v) is 5.42. The predicted octanol–water partition coefficient (Wildman–Crippen LogP) is 4.49. The lowest BCUT2D eigenvalue weighted by Crippen LogP contribution is -2.48. The van der Waals surface area contributed by atoms with Gasteiger partial charge in [0.25, 0.3) is 17.7 Å². The molecule has 3 aromatic rings. The van der Waals surface area contributed by atoms with E-state index in [1.807, 2.05) is 25.1 Å². The van der Waals surface area contributed by atoms with Crippen LogP contribution in [0.1, 0.15) is 63.0 Å². The highest BCUT2D eigenvalue weighted by molar-refractivity contribution is 7.80. The van der Waals surface area contributed by atoms with Crippen LogP contribution < -0.4 is 21.5 Å². The molecule has 3 aromatic carbocycles. The van der Waals surface area contributed by atoms with E-state index >= 15 is 0 Å². The Balaban J connectivity index is 1.50. The second-order valence-corrected chi connectivity index (χ2v) is 9.50. The molecule has 0 aromatic heterocycles. The quantitative estimate of drug-likeness (QED) is 0.320. The van der Waals surface area contributed by atoms with Crippen LogP contribution in [0.4, 0.5) is 5.69 Å². The number of carbonyl (C=O) groups is 3. The van der Waals surface area contributed by atoms with Gasteiger partial charge in [0.05, 0.1) is 0 Å². The maximum atomic E-state index is 12.5. The lowest BCUT2D eigenvalue weighted by Gasteiger charge is -2.19. The van der Waals surface area contributed by atoms with Crippen LogP contribution in [0.3, 0.4) is 0 Å². The molecular formula is C27H28N4O3S. The minimum atomic E-state index is -0.451.